The number of nitrogens with one attached hydrogen (secondary N) is 2. The van der Waals surface area contributed by atoms with Crippen molar-refractivity contribution in [3.8, 4) is 0 Å². The fourth-order valence-electron chi connectivity index (χ4n) is 1.49. The van der Waals surface area contributed by atoms with Crippen molar-refractivity contribution in [2.75, 3.05) is 5.32 Å². The molecule has 0 unspecified atom stereocenters. The molecule has 0 atom stereocenters. The monoisotopic (exact) mass is 396 g/mol. The molecule has 1 aromatic heterocycles. The molecule has 0 spiro atoms. The van der Waals surface area contributed by atoms with Crippen molar-refractivity contribution >= 4 is 51.3 Å². The van der Waals surface area contributed by atoms with Crippen molar-refractivity contribution < 1.29 is 0 Å². The van der Waals surface area contributed by atoms with E-state index in [1.807, 2.05) is 49.4 Å². The Morgan fingerprint density at radius 1 is 1.25 bits per heavy atom. The maximum absolute atomic E-state index is 5.20. The molecule has 0 amide bonds. The molecule has 4 nitrogen and oxygen atoms in total. The minimum atomic E-state index is 0.447. The lowest BCUT2D eigenvalue weighted by Gasteiger charge is -2.08. The van der Waals surface area contributed by atoms with Crippen LogP contribution in [0.2, 0.25) is 0 Å². The molecule has 0 radical (unpaired) electrons. The fourth-order valence-corrected chi connectivity index (χ4v) is 2.20. The fraction of sp³-hybridized carbons (Fsp3) is 0.0714. The molecular formula is C14H13IN4S. The Morgan fingerprint density at radius 2 is 2.10 bits per heavy atom. The third-order valence-electron chi connectivity index (χ3n) is 2.44. The van der Waals surface area contributed by atoms with Crippen LogP contribution in [0.4, 0.5) is 5.69 Å². The highest BCUT2D eigenvalue weighted by Gasteiger charge is 1.99. The molecule has 2 N–H and O–H groups in total. The minimum Gasteiger partial charge on any atom is -0.331 e. The van der Waals surface area contributed by atoms with E-state index in [1.54, 1.807) is 6.20 Å². The van der Waals surface area contributed by atoms with E-state index >= 15 is 0 Å². The van der Waals surface area contributed by atoms with Crippen molar-refractivity contribution in [1.82, 2.24) is 10.4 Å². The molecule has 0 saturated heterocycles. The molecule has 0 aliphatic carbocycles. The zero-order valence-electron chi connectivity index (χ0n) is 10.8. The van der Waals surface area contributed by atoms with Crippen molar-refractivity contribution in [1.29, 1.82) is 0 Å². The second-order valence-corrected chi connectivity index (χ2v) is 5.64. The first-order chi connectivity index (χ1) is 9.65. The minimum absolute atomic E-state index is 0.447. The Morgan fingerprint density at radius 3 is 2.80 bits per heavy atom. The van der Waals surface area contributed by atoms with Crippen LogP contribution in [0.3, 0.4) is 0 Å². The van der Waals surface area contributed by atoms with E-state index in [0.29, 0.717) is 5.11 Å². The molecule has 1 heterocycles. The maximum atomic E-state index is 5.20. The number of benzene rings is 1. The van der Waals surface area contributed by atoms with E-state index in [9.17, 15) is 0 Å². The van der Waals surface area contributed by atoms with Gasteiger partial charge in [0.05, 0.1) is 11.4 Å². The molecule has 0 fully saturated rings. The molecule has 102 valence electrons. The van der Waals surface area contributed by atoms with Crippen molar-refractivity contribution in [2.24, 2.45) is 5.10 Å². The SMILES string of the molecule is C/C(=N\NC(=S)Nc1cccc(I)c1)c1ccccn1. The topological polar surface area (TPSA) is 49.3 Å². The number of anilines is 1. The lowest BCUT2D eigenvalue weighted by Crippen LogP contribution is -2.25. The summed E-state index contributed by atoms with van der Waals surface area (Å²) >= 11 is 7.45. The highest BCUT2D eigenvalue weighted by atomic mass is 127. The number of pyridine rings is 1. The van der Waals surface area contributed by atoms with Gasteiger partial charge in [0.25, 0.3) is 0 Å². The lowest BCUT2D eigenvalue weighted by atomic mass is 10.3. The summed E-state index contributed by atoms with van der Waals surface area (Å²) in [5, 5.41) is 7.74. The van der Waals surface area contributed by atoms with Gasteiger partial charge in [-0.3, -0.25) is 10.4 Å². The highest BCUT2D eigenvalue weighted by molar-refractivity contribution is 14.1. The summed E-state index contributed by atoms with van der Waals surface area (Å²) in [4.78, 5) is 4.22. The highest BCUT2D eigenvalue weighted by Crippen LogP contribution is 2.12. The van der Waals surface area contributed by atoms with Crippen LogP contribution in [-0.2, 0) is 0 Å². The first-order valence-electron chi connectivity index (χ1n) is 5.93. The number of hydrogen-bond acceptors (Lipinski definition) is 3. The Hall–Kier alpha value is -1.54. The van der Waals surface area contributed by atoms with Gasteiger partial charge in [0.1, 0.15) is 0 Å². The van der Waals surface area contributed by atoms with Crippen LogP contribution in [0.1, 0.15) is 12.6 Å². The van der Waals surface area contributed by atoms with E-state index in [4.69, 9.17) is 12.2 Å². The van der Waals surface area contributed by atoms with Gasteiger partial charge < -0.3 is 5.32 Å². The van der Waals surface area contributed by atoms with E-state index in [1.165, 1.54) is 0 Å². The summed E-state index contributed by atoms with van der Waals surface area (Å²) < 4.78 is 1.14. The van der Waals surface area contributed by atoms with Gasteiger partial charge in [-0.15, -0.1) is 0 Å². The van der Waals surface area contributed by atoms with Gasteiger partial charge in [-0.2, -0.15) is 5.10 Å². The van der Waals surface area contributed by atoms with Gasteiger partial charge in [-0.05, 0) is 72.1 Å². The number of nitrogens with zero attached hydrogens (tertiary/aromatic N) is 2. The van der Waals surface area contributed by atoms with Crippen molar-refractivity contribution in [3.63, 3.8) is 0 Å². The second-order valence-electron chi connectivity index (χ2n) is 3.99. The average molecular weight is 396 g/mol. The van der Waals surface area contributed by atoms with E-state index in [2.05, 4.69) is 43.4 Å². The zero-order chi connectivity index (χ0) is 14.4. The number of thiocarbonyl (C=S) groups is 1. The van der Waals surface area contributed by atoms with Crippen LogP contribution < -0.4 is 10.7 Å². The molecule has 0 aliphatic rings. The molecular weight excluding hydrogens is 383 g/mol. The number of hydrazone groups is 1. The van der Waals surface area contributed by atoms with E-state index < -0.39 is 0 Å². The quantitative estimate of drug-likeness (QED) is 0.362. The van der Waals surface area contributed by atoms with Crippen LogP contribution in [0.25, 0.3) is 0 Å². The summed E-state index contributed by atoms with van der Waals surface area (Å²) in [7, 11) is 0. The van der Waals surface area contributed by atoms with E-state index in [0.717, 1.165) is 20.7 Å². The molecule has 1 aromatic carbocycles. The summed E-state index contributed by atoms with van der Waals surface area (Å²) in [6.45, 7) is 1.88. The van der Waals surface area contributed by atoms with Gasteiger partial charge >= 0.3 is 0 Å². The van der Waals surface area contributed by atoms with Gasteiger partial charge in [0.15, 0.2) is 5.11 Å². The van der Waals surface area contributed by atoms with Crippen LogP contribution in [-0.4, -0.2) is 15.8 Å². The lowest BCUT2D eigenvalue weighted by molar-refractivity contribution is 1.03. The molecule has 20 heavy (non-hydrogen) atoms. The number of aromatic nitrogens is 1. The van der Waals surface area contributed by atoms with Gasteiger partial charge in [0.2, 0.25) is 0 Å². The molecule has 0 aliphatic heterocycles. The largest absolute Gasteiger partial charge is 0.331 e. The summed E-state index contributed by atoms with van der Waals surface area (Å²) in [6, 6.07) is 13.6. The average Bonchev–Trinajstić information content (AvgIpc) is 2.46. The van der Waals surface area contributed by atoms with Crippen molar-refractivity contribution in [2.45, 2.75) is 6.92 Å². The van der Waals surface area contributed by atoms with E-state index in [-0.39, 0.29) is 0 Å². The number of hydrogen-bond donors (Lipinski definition) is 2. The van der Waals surface area contributed by atoms with Gasteiger partial charge in [0, 0.05) is 15.5 Å². The molecule has 2 rings (SSSR count). The van der Waals surface area contributed by atoms with Crippen LogP contribution in [0.5, 0.6) is 0 Å². The third-order valence-corrected chi connectivity index (χ3v) is 3.31. The Balaban J connectivity index is 1.95. The second kappa shape index (κ2) is 7.30. The Kier molecular flexibility index (Phi) is 5.42. The van der Waals surface area contributed by atoms with Gasteiger partial charge in [-0.1, -0.05) is 12.1 Å². The first-order valence-corrected chi connectivity index (χ1v) is 7.42. The normalized spacial score (nSPS) is 11.0. The predicted molar refractivity (Wildman–Crippen MR) is 95.0 cm³/mol. The molecule has 0 saturated carbocycles. The predicted octanol–water partition coefficient (Wildman–Crippen LogP) is 3.40. The maximum Gasteiger partial charge on any atom is 0.191 e. The first kappa shape index (κ1) is 14.9. The standard InChI is InChI=1S/C14H13IN4S/c1-10(13-7-2-3-8-16-13)18-19-14(20)17-12-6-4-5-11(15)9-12/h2-9H,1H3,(H2,17,19,20)/b18-10+. The molecule has 2 aromatic rings. The molecule has 6 heteroatoms. The van der Waals surface area contributed by atoms with Crippen molar-refractivity contribution in [3.05, 3.63) is 57.9 Å². The smallest absolute Gasteiger partial charge is 0.191 e. The van der Waals surface area contributed by atoms with Crippen LogP contribution >= 0.6 is 34.8 Å². The van der Waals surface area contributed by atoms with Crippen LogP contribution in [0.15, 0.2) is 53.8 Å². The van der Waals surface area contributed by atoms with Gasteiger partial charge in [-0.25, -0.2) is 0 Å². The molecule has 0 bridgehead atoms. The summed E-state index contributed by atoms with van der Waals surface area (Å²) in [5.74, 6) is 0. The summed E-state index contributed by atoms with van der Waals surface area (Å²) in [5.41, 5.74) is 5.34. The zero-order valence-corrected chi connectivity index (χ0v) is 13.8. The third kappa shape index (κ3) is 4.53. The Bertz CT molecular complexity index is 628. The number of halogens is 1. The Labute approximate surface area is 136 Å². The number of rotatable bonds is 3. The van der Waals surface area contributed by atoms with Crippen LogP contribution in [0, 0.1) is 3.57 Å². The summed E-state index contributed by atoms with van der Waals surface area (Å²) in [6.07, 6.45) is 1.73.